The predicted molar refractivity (Wildman–Crippen MR) is 231 cm³/mol. The molecule has 5 aliphatic rings. The van der Waals surface area contributed by atoms with Gasteiger partial charge in [0, 0.05) is 98.9 Å². The second-order valence-electron chi connectivity index (χ2n) is 18.3. The topological polar surface area (TPSA) is 143 Å². The van der Waals surface area contributed by atoms with Crippen LogP contribution >= 0.6 is 0 Å². The Labute approximate surface area is 360 Å². The highest BCUT2D eigenvalue weighted by Crippen LogP contribution is 2.46. The van der Waals surface area contributed by atoms with Crippen molar-refractivity contribution in [1.29, 1.82) is 0 Å². The second-order valence-corrected chi connectivity index (χ2v) is 18.3. The number of anilines is 2. The molecule has 4 heterocycles. The largest absolute Gasteiger partial charge is 0.503 e. The van der Waals surface area contributed by atoms with E-state index in [2.05, 4.69) is 49.5 Å². The molecule has 2 aliphatic carbocycles. The van der Waals surface area contributed by atoms with Gasteiger partial charge in [0.15, 0.2) is 17.4 Å². The lowest BCUT2D eigenvalue weighted by Crippen LogP contribution is -2.52. The number of piperazine rings is 1. The lowest BCUT2D eigenvalue weighted by Gasteiger charge is -2.49. The lowest BCUT2D eigenvalue weighted by molar-refractivity contribution is -0.120. The highest BCUT2D eigenvalue weighted by Gasteiger charge is 2.41. The zero-order valence-electron chi connectivity index (χ0n) is 35.4. The molecule has 3 saturated heterocycles. The molecule has 2 saturated carbocycles. The SMILES string of the molecule is Cc1ccc(C(=O)N2CCC3(CCC(N4CCN(c5ccc6cn([C@H]7CC[C@H](CNC(=O)c8cc(F)c(O)c(F)c8)CC7)nc6c5)CC4)CC3)CC2)cc1N1CCC(=O)NC1=O. The molecular weight excluding hydrogens is 795 g/mol. The number of halogens is 2. The summed E-state index contributed by atoms with van der Waals surface area (Å²) in [6.07, 6.45) is 12.9. The standard InChI is InChI=1S/C47H56F2N8O5/c1-30-2-5-32(26-41(30)56-17-12-42(58)51-46(56)62)45(61)55-18-15-47(16-19-55)13-10-35(11-14-47)53-20-22-54(23-21-53)37-9-6-33-29-57(52-40(33)27-37)36-7-3-31(4-8-36)28-50-44(60)34-24-38(48)43(59)39(49)25-34/h2,5-6,9,24-27,29,31,35-36,59H,3-4,7-8,10-23,28H2,1H3,(H,50,60)(H,51,58,62)/t31-,36-. The molecule has 9 rings (SSSR count). The van der Waals surface area contributed by atoms with E-state index in [0.29, 0.717) is 35.8 Å². The number of aryl methyl sites for hydroxylation is 1. The second kappa shape index (κ2) is 17.3. The summed E-state index contributed by atoms with van der Waals surface area (Å²) in [6, 6.07) is 14.3. The molecular formula is C47H56F2N8O5. The maximum Gasteiger partial charge on any atom is 0.328 e. The number of urea groups is 1. The van der Waals surface area contributed by atoms with Gasteiger partial charge in [-0.3, -0.25) is 34.2 Å². The van der Waals surface area contributed by atoms with Gasteiger partial charge in [0.25, 0.3) is 11.8 Å². The molecule has 1 aromatic heterocycles. The number of carbonyl (C=O) groups excluding carboxylic acids is 4. The molecule has 4 aromatic rings. The van der Waals surface area contributed by atoms with E-state index in [9.17, 15) is 33.1 Å². The molecule has 5 fully saturated rings. The molecule has 1 spiro atoms. The van der Waals surface area contributed by atoms with Crippen LogP contribution in [0.3, 0.4) is 0 Å². The predicted octanol–water partition coefficient (Wildman–Crippen LogP) is 6.92. The van der Waals surface area contributed by atoms with Crippen molar-refractivity contribution in [3.8, 4) is 5.75 Å². The number of aromatic hydroxyl groups is 1. The van der Waals surface area contributed by atoms with Gasteiger partial charge in [-0.25, -0.2) is 13.6 Å². The van der Waals surface area contributed by atoms with Crippen LogP contribution < -0.4 is 20.4 Å². The van der Waals surface area contributed by atoms with Gasteiger partial charge in [0.2, 0.25) is 5.91 Å². The first-order valence-corrected chi connectivity index (χ1v) is 22.4. The fraction of sp³-hybridized carbons (Fsp3) is 0.511. The number of rotatable bonds is 8. The number of piperidine rings is 1. The third-order valence-corrected chi connectivity index (χ3v) is 14.7. The number of nitrogens with one attached hydrogen (secondary N) is 2. The smallest absolute Gasteiger partial charge is 0.328 e. The summed E-state index contributed by atoms with van der Waals surface area (Å²) in [5.41, 5.74) is 4.48. The number of hydrogen-bond acceptors (Lipinski definition) is 8. The molecule has 0 bridgehead atoms. The first-order chi connectivity index (χ1) is 29.9. The monoisotopic (exact) mass is 850 g/mol. The number of imide groups is 1. The van der Waals surface area contributed by atoms with Crippen molar-refractivity contribution in [2.75, 3.05) is 62.2 Å². The van der Waals surface area contributed by atoms with Gasteiger partial charge < -0.3 is 20.2 Å². The molecule has 0 unspecified atom stereocenters. The van der Waals surface area contributed by atoms with E-state index in [0.717, 1.165) is 106 Å². The highest BCUT2D eigenvalue weighted by atomic mass is 19.1. The number of likely N-dealkylation sites (tertiary alicyclic amines) is 1. The number of phenolic OH excluding ortho intramolecular Hbond substituents is 1. The molecule has 15 heteroatoms. The van der Waals surface area contributed by atoms with Crippen LogP contribution in [-0.4, -0.2) is 107 Å². The van der Waals surface area contributed by atoms with Gasteiger partial charge >= 0.3 is 6.03 Å². The summed E-state index contributed by atoms with van der Waals surface area (Å²) in [5.74, 6) is -3.96. The third kappa shape index (κ3) is 8.60. The van der Waals surface area contributed by atoms with E-state index in [-0.39, 0.29) is 35.8 Å². The number of benzene rings is 3. The summed E-state index contributed by atoms with van der Waals surface area (Å²) in [7, 11) is 0. The Morgan fingerprint density at radius 1 is 0.823 bits per heavy atom. The van der Waals surface area contributed by atoms with E-state index >= 15 is 0 Å². The van der Waals surface area contributed by atoms with Crippen LogP contribution in [0.4, 0.5) is 25.0 Å². The number of amides is 5. The molecule has 328 valence electrons. The molecule has 5 amide bonds. The van der Waals surface area contributed by atoms with Crippen molar-refractivity contribution in [2.45, 2.75) is 89.6 Å². The minimum absolute atomic E-state index is 0.00339. The molecule has 0 radical (unpaired) electrons. The van der Waals surface area contributed by atoms with Crippen molar-refractivity contribution in [3.63, 3.8) is 0 Å². The Bertz CT molecular complexity index is 2330. The molecule has 0 atom stereocenters. The maximum atomic E-state index is 13.7. The van der Waals surface area contributed by atoms with E-state index in [1.54, 1.807) is 11.0 Å². The third-order valence-electron chi connectivity index (χ3n) is 14.7. The average Bonchev–Trinajstić information content (AvgIpc) is 3.72. The van der Waals surface area contributed by atoms with Crippen LogP contribution in [0.1, 0.15) is 103 Å². The van der Waals surface area contributed by atoms with Crippen molar-refractivity contribution in [3.05, 3.63) is 83.1 Å². The highest BCUT2D eigenvalue weighted by molar-refractivity contribution is 6.06. The van der Waals surface area contributed by atoms with E-state index < -0.39 is 29.3 Å². The summed E-state index contributed by atoms with van der Waals surface area (Å²) >= 11 is 0. The van der Waals surface area contributed by atoms with Crippen LogP contribution in [0.15, 0.2) is 54.7 Å². The number of nitrogens with zero attached hydrogens (tertiary/aromatic N) is 6. The zero-order chi connectivity index (χ0) is 43.1. The van der Waals surface area contributed by atoms with Crippen LogP contribution in [0.5, 0.6) is 5.75 Å². The molecule has 3 N–H and O–H groups in total. The minimum atomic E-state index is -1.15. The van der Waals surface area contributed by atoms with E-state index in [1.807, 2.05) is 24.0 Å². The Morgan fingerprint density at radius 3 is 2.23 bits per heavy atom. The Balaban J connectivity index is 0.715. The summed E-state index contributed by atoms with van der Waals surface area (Å²) in [4.78, 5) is 59.1. The fourth-order valence-electron chi connectivity index (χ4n) is 10.7. The van der Waals surface area contributed by atoms with Crippen molar-refractivity contribution in [1.82, 2.24) is 30.2 Å². The molecule has 13 nitrogen and oxygen atoms in total. The number of carbonyl (C=O) groups is 4. The van der Waals surface area contributed by atoms with Crippen LogP contribution in [0.2, 0.25) is 0 Å². The van der Waals surface area contributed by atoms with Crippen LogP contribution in [0.25, 0.3) is 10.9 Å². The Morgan fingerprint density at radius 2 is 1.53 bits per heavy atom. The van der Waals surface area contributed by atoms with Gasteiger partial charge in [-0.15, -0.1) is 0 Å². The van der Waals surface area contributed by atoms with Crippen molar-refractivity contribution < 1.29 is 33.1 Å². The van der Waals surface area contributed by atoms with Crippen molar-refractivity contribution in [2.24, 2.45) is 11.3 Å². The lowest BCUT2D eigenvalue weighted by atomic mass is 9.66. The van der Waals surface area contributed by atoms with Gasteiger partial charge in [0.1, 0.15) is 0 Å². The van der Waals surface area contributed by atoms with Gasteiger partial charge in [-0.1, -0.05) is 6.07 Å². The summed E-state index contributed by atoms with van der Waals surface area (Å²) in [5, 5.41) is 20.6. The first kappa shape index (κ1) is 41.8. The Hall–Kier alpha value is -5.57. The van der Waals surface area contributed by atoms with E-state index in [1.165, 1.54) is 31.4 Å². The number of fused-ring (bicyclic) bond motifs is 1. The molecule has 62 heavy (non-hydrogen) atoms. The summed E-state index contributed by atoms with van der Waals surface area (Å²) < 4.78 is 29.6. The minimum Gasteiger partial charge on any atom is -0.503 e. The summed E-state index contributed by atoms with van der Waals surface area (Å²) in [6.45, 7) is 8.15. The van der Waals surface area contributed by atoms with Gasteiger partial charge in [-0.05, 0) is 130 Å². The van der Waals surface area contributed by atoms with Gasteiger partial charge in [0.05, 0.1) is 11.6 Å². The Kier molecular flexibility index (Phi) is 11.7. The fourth-order valence-corrected chi connectivity index (χ4v) is 10.7. The van der Waals surface area contributed by atoms with Crippen molar-refractivity contribution >= 4 is 46.0 Å². The van der Waals surface area contributed by atoms with Gasteiger partial charge in [-0.2, -0.15) is 5.10 Å². The van der Waals surface area contributed by atoms with E-state index in [4.69, 9.17) is 5.10 Å². The first-order valence-electron chi connectivity index (χ1n) is 22.4. The molecule has 3 aliphatic heterocycles. The number of hydrogen-bond donors (Lipinski definition) is 3. The average molecular weight is 851 g/mol. The number of phenols is 1. The maximum absolute atomic E-state index is 13.7. The zero-order valence-corrected chi connectivity index (χ0v) is 35.4. The normalized spacial score (nSPS) is 22.6. The van der Waals surface area contributed by atoms with Crippen LogP contribution in [-0.2, 0) is 4.79 Å². The molecule has 3 aromatic carbocycles. The quantitative estimate of drug-likeness (QED) is 0.174. The van der Waals surface area contributed by atoms with Crippen LogP contribution in [0, 0.1) is 29.9 Å². The number of aromatic nitrogens is 2.